The van der Waals surface area contributed by atoms with Crippen LogP contribution in [0.1, 0.15) is 18.4 Å². The predicted molar refractivity (Wildman–Crippen MR) is 96.6 cm³/mol. The molecule has 0 amide bonds. The van der Waals surface area contributed by atoms with Crippen LogP contribution >= 0.6 is 0 Å². The Balaban J connectivity index is 1.41. The number of hydrogen-bond acceptors (Lipinski definition) is 7. The minimum absolute atomic E-state index is 0.0931. The minimum Gasteiger partial charge on any atom is -0.493 e. The second-order valence-electron chi connectivity index (χ2n) is 6.47. The molecule has 0 saturated carbocycles. The normalized spacial score (nSPS) is 18.0. The highest BCUT2D eigenvalue weighted by Crippen LogP contribution is 2.30. The number of nitrogens with zero attached hydrogens (tertiary/aromatic N) is 3. The molecule has 27 heavy (non-hydrogen) atoms. The lowest BCUT2D eigenvalue weighted by Gasteiger charge is -2.31. The molecule has 1 fully saturated rings. The van der Waals surface area contributed by atoms with Gasteiger partial charge in [0.25, 0.3) is 0 Å². The molecular weight excluding hydrogens is 370 g/mol. The van der Waals surface area contributed by atoms with Crippen molar-refractivity contribution in [2.24, 2.45) is 0 Å². The van der Waals surface area contributed by atoms with E-state index in [1.165, 1.54) is 11.4 Å². The molecule has 2 aromatic rings. The van der Waals surface area contributed by atoms with Crippen LogP contribution < -0.4 is 14.2 Å². The number of methoxy groups -OCH3 is 1. The average molecular weight is 391 g/mol. The number of rotatable bonds is 5. The first-order chi connectivity index (χ1) is 13.1. The van der Waals surface area contributed by atoms with Crippen LogP contribution in [0.4, 0.5) is 0 Å². The summed E-state index contributed by atoms with van der Waals surface area (Å²) in [6.45, 7) is 1.42. The number of piperidine rings is 1. The van der Waals surface area contributed by atoms with Crippen LogP contribution in [0.15, 0.2) is 35.4 Å². The zero-order valence-corrected chi connectivity index (χ0v) is 15.8. The Morgan fingerprint density at radius 2 is 2.04 bits per heavy atom. The van der Waals surface area contributed by atoms with Crippen LogP contribution in [0.25, 0.3) is 0 Å². The number of aromatic nitrogens is 2. The predicted octanol–water partition coefficient (Wildman–Crippen LogP) is 1.65. The quantitative estimate of drug-likeness (QED) is 0.765. The summed E-state index contributed by atoms with van der Waals surface area (Å²) in [4.78, 5) is 8.40. The van der Waals surface area contributed by atoms with E-state index < -0.39 is 10.0 Å². The molecule has 0 bridgehead atoms. The molecule has 0 unspecified atom stereocenters. The first kappa shape index (κ1) is 18.0. The Hall–Kier alpha value is -2.39. The third-order valence-corrected chi connectivity index (χ3v) is 6.67. The van der Waals surface area contributed by atoms with Gasteiger partial charge in [-0.3, -0.25) is 0 Å². The monoisotopic (exact) mass is 391 g/mol. The van der Waals surface area contributed by atoms with Gasteiger partial charge in [-0.25, -0.2) is 13.4 Å². The summed E-state index contributed by atoms with van der Waals surface area (Å²) in [5.41, 5.74) is 0.951. The molecule has 4 rings (SSSR count). The summed E-state index contributed by atoms with van der Waals surface area (Å²) in [6.07, 6.45) is 3.42. The summed E-state index contributed by atoms with van der Waals surface area (Å²) in [7, 11) is -2.02. The first-order valence-corrected chi connectivity index (χ1v) is 10.3. The molecule has 0 N–H and O–H groups in total. The summed E-state index contributed by atoms with van der Waals surface area (Å²) in [5.74, 6) is 1.21. The first-order valence-electron chi connectivity index (χ1n) is 8.86. The van der Waals surface area contributed by atoms with E-state index in [9.17, 15) is 8.42 Å². The van der Waals surface area contributed by atoms with Crippen molar-refractivity contribution in [2.45, 2.75) is 30.3 Å². The van der Waals surface area contributed by atoms with E-state index in [0.29, 0.717) is 43.3 Å². The van der Waals surface area contributed by atoms with Gasteiger partial charge in [0, 0.05) is 31.8 Å². The fourth-order valence-corrected chi connectivity index (χ4v) is 4.84. The Labute approximate surface area is 158 Å². The number of benzene rings is 1. The Morgan fingerprint density at radius 1 is 1.22 bits per heavy atom. The zero-order valence-electron chi connectivity index (χ0n) is 15.0. The van der Waals surface area contributed by atoms with Crippen molar-refractivity contribution in [1.29, 1.82) is 0 Å². The summed E-state index contributed by atoms with van der Waals surface area (Å²) >= 11 is 0. The van der Waals surface area contributed by atoms with Gasteiger partial charge >= 0.3 is 6.01 Å². The maximum Gasteiger partial charge on any atom is 0.319 e. The average Bonchev–Trinajstić information content (AvgIpc) is 3.16. The second-order valence-corrected chi connectivity index (χ2v) is 8.41. The van der Waals surface area contributed by atoms with Crippen molar-refractivity contribution >= 4 is 10.0 Å². The van der Waals surface area contributed by atoms with Crippen molar-refractivity contribution in [2.75, 3.05) is 26.8 Å². The van der Waals surface area contributed by atoms with Crippen LogP contribution in [0, 0.1) is 0 Å². The number of sulfonamides is 1. The van der Waals surface area contributed by atoms with E-state index in [0.717, 1.165) is 17.7 Å². The second kappa shape index (κ2) is 7.32. The maximum absolute atomic E-state index is 12.9. The Morgan fingerprint density at radius 3 is 2.81 bits per heavy atom. The van der Waals surface area contributed by atoms with Gasteiger partial charge in [0.2, 0.25) is 15.9 Å². The van der Waals surface area contributed by atoms with Crippen LogP contribution in [-0.4, -0.2) is 55.6 Å². The number of ether oxygens (including phenoxy) is 3. The lowest BCUT2D eigenvalue weighted by molar-refractivity contribution is 0.128. The third-order valence-electron chi connectivity index (χ3n) is 4.78. The third kappa shape index (κ3) is 3.70. The Kier molecular flexibility index (Phi) is 4.88. The smallest absolute Gasteiger partial charge is 0.319 e. The molecule has 0 spiro atoms. The molecule has 8 nitrogen and oxygen atoms in total. The van der Waals surface area contributed by atoms with Gasteiger partial charge in [0.05, 0.1) is 18.6 Å². The van der Waals surface area contributed by atoms with Gasteiger partial charge in [0.15, 0.2) is 0 Å². The Bertz CT molecular complexity index is 926. The molecule has 3 heterocycles. The van der Waals surface area contributed by atoms with E-state index in [1.807, 2.05) is 0 Å². The standard InChI is InChI=1S/C18H21N3O5S/c1-24-18-19-8-4-17(20-18)26-14-5-9-21(10-6-14)27(22,23)15-2-3-16-13(12-15)7-11-25-16/h2-4,8,12,14H,5-7,9-11H2,1H3. The fourth-order valence-electron chi connectivity index (χ4n) is 3.32. The van der Waals surface area contributed by atoms with Crippen molar-refractivity contribution < 1.29 is 22.6 Å². The molecule has 9 heteroatoms. The topological polar surface area (TPSA) is 90.9 Å². The molecule has 1 aromatic heterocycles. The van der Waals surface area contributed by atoms with Crippen LogP contribution in [0.3, 0.4) is 0 Å². The van der Waals surface area contributed by atoms with E-state index in [-0.39, 0.29) is 12.1 Å². The molecule has 2 aliphatic rings. The van der Waals surface area contributed by atoms with Gasteiger partial charge in [-0.15, -0.1) is 0 Å². The molecule has 2 aliphatic heterocycles. The highest BCUT2D eigenvalue weighted by molar-refractivity contribution is 7.89. The van der Waals surface area contributed by atoms with E-state index in [4.69, 9.17) is 14.2 Å². The van der Waals surface area contributed by atoms with Crippen molar-refractivity contribution in [3.05, 3.63) is 36.0 Å². The molecule has 0 atom stereocenters. The van der Waals surface area contributed by atoms with Crippen LogP contribution in [-0.2, 0) is 16.4 Å². The molecule has 0 aliphatic carbocycles. The van der Waals surface area contributed by atoms with E-state index in [1.54, 1.807) is 30.5 Å². The highest BCUT2D eigenvalue weighted by atomic mass is 32.2. The largest absolute Gasteiger partial charge is 0.493 e. The number of hydrogen-bond donors (Lipinski definition) is 0. The lowest BCUT2D eigenvalue weighted by Crippen LogP contribution is -2.41. The molecule has 1 saturated heterocycles. The van der Waals surface area contributed by atoms with Gasteiger partial charge in [0.1, 0.15) is 11.9 Å². The summed E-state index contributed by atoms with van der Waals surface area (Å²) in [5, 5.41) is 0. The molecule has 0 radical (unpaired) electrons. The van der Waals surface area contributed by atoms with Gasteiger partial charge in [-0.1, -0.05) is 0 Å². The number of fused-ring (bicyclic) bond motifs is 1. The minimum atomic E-state index is -3.51. The zero-order chi connectivity index (χ0) is 18.9. The SMILES string of the molecule is COc1nccc(OC2CCN(S(=O)(=O)c3ccc4c(c3)CCO4)CC2)n1. The lowest BCUT2D eigenvalue weighted by atomic mass is 10.1. The molecule has 1 aromatic carbocycles. The van der Waals surface area contributed by atoms with Crippen molar-refractivity contribution in [3.63, 3.8) is 0 Å². The van der Waals surface area contributed by atoms with E-state index >= 15 is 0 Å². The van der Waals surface area contributed by atoms with Gasteiger partial charge in [-0.05, 0) is 36.6 Å². The molecule has 144 valence electrons. The summed E-state index contributed by atoms with van der Waals surface area (Å²) in [6, 6.07) is 7.00. The van der Waals surface area contributed by atoms with Crippen molar-refractivity contribution in [1.82, 2.24) is 14.3 Å². The van der Waals surface area contributed by atoms with Crippen LogP contribution in [0.5, 0.6) is 17.6 Å². The van der Waals surface area contributed by atoms with E-state index in [2.05, 4.69) is 9.97 Å². The molecular formula is C18H21N3O5S. The van der Waals surface area contributed by atoms with Gasteiger partial charge < -0.3 is 14.2 Å². The van der Waals surface area contributed by atoms with Crippen molar-refractivity contribution in [3.8, 4) is 17.6 Å². The highest BCUT2D eigenvalue weighted by Gasteiger charge is 2.31. The summed E-state index contributed by atoms with van der Waals surface area (Å²) < 4.78 is 43.7. The van der Waals surface area contributed by atoms with Crippen LogP contribution in [0.2, 0.25) is 0 Å². The fraction of sp³-hybridized carbons (Fsp3) is 0.444. The van der Waals surface area contributed by atoms with Gasteiger partial charge in [-0.2, -0.15) is 9.29 Å². The maximum atomic E-state index is 12.9.